The number of carbonyl (C=O) groups excluding carboxylic acids is 1. The molecule has 2 aliphatic rings. The molecule has 1 spiro atoms. The molecule has 0 aliphatic carbocycles. The molecule has 1 atom stereocenters. The van der Waals surface area contributed by atoms with Crippen LogP contribution in [0, 0.1) is 6.92 Å². The van der Waals surface area contributed by atoms with Crippen molar-refractivity contribution in [3.8, 4) is 0 Å². The van der Waals surface area contributed by atoms with Crippen molar-refractivity contribution < 1.29 is 4.79 Å². The number of benzene rings is 3. The van der Waals surface area contributed by atoms with Crippen LogP contribution >= 0.6 is 0 Å². The zero-order valence-electron chi connectivity index (χ0n) is 14.7. The Kier molecular flexibility index (Phi) is 2.99. The van der Waals surface area contributed by atoms with E-state index < -0.39 is 5.41 Å². The average molecular weight is 338 g/mol. The van der Waals surface area contributed by atoms with Crippen LogP contribution in [-0.2, 0) is 10.2 Å². The fraction of sp³-hybridized carbons (Fsp3) is 0.130. The second-order valence-corrected chi connectivity index (χ2v) is 6.98. The summed E-state index contributed by atoms with van der Waals surface area (Å²) in [5, 5.41) is 0. The second-order valence-electron chi connectivity index (χ2n) is 6.98. The molecule has 3 aromatic carbocycles. The van der Waals surface area contributed by atoms with Crippen LogP contribution in [0.1, 0.15) is 22.3 Å². The SMILES string of the molecule is Cc1ccc2c(c1)N=C(c1ccccc1)C21C(=O)N(C)c2ccccc21. The lowest BCUT2D eigenvalue weighted by Gasteiger charge is -2.26. The third kappa shape index (κ3) is 1.72. The number of carbonyl (C=O) groups is 1. The highest BCUT2D eigenvalue weighted by Gasteiger charge is 2.58. The Bertz CT molecular complexity index is 1080. The Labute approximate surface area is 152 Å². The zero-order chi connectivity index (χ0) is 17.9. The third-order valence-corrected chi connectivity index (χ3v) is 5.49. The molecule has 3 nitrogen and oxygen atoms in total. The lowest BCUT2D eigenvalue weighted by Crippen LogP contribution is -2.44. The predicted octanol–water partition coefficient (Wildman–Crippen LogP) is 4.39. The normalized spacial score (nSPS) is 20.3. The summed E-state index contributed by atoms with van der Waals surface area (Å²) >= 11 is 0. The second kappa shape index (κ2) is 5.15. The number of para-hydroxylation sites is 1. The molecule has 2 aliphatic heterocycles. The Hall–Kier alpha value is -3.20. The van der Waals surface area contributed by atoms with E-state index >= 15 is 0 Å². The minimum absolute atomic E-state index is 0.0592. The molecule has 0 saturated heterocycles. The van der Waals surface area contributed by atoms with Gasteiger partial charge in [-0.25, -0.2) is 0 Å². The number of aryl methyl sites for hydroxylation is 1. The van der Waals surface area contributed by atoms with Gasteiger partial charge >= 0.3 is 0 Å². The van der Waals surface area contributed by atoms with Crippen molar-refractivity contribution in [1.29, 1.82) is 0 Å². The Morgan fingerprint density at radius 2 is 1.62 bits per heavy atom. The number of anilines is 1. The van der Waals surface area contributed by atoms with E-state index in [-0.39, 0.29) is 5.91 Å². The summed E-state index contributed by atoms with van der Waals surface area (Å²) in [6, 6.07) is 24.3. The van der Waals surface area contributed by atoms with Gasteiger partial charge in [0.05, 0.1) is 11.4 Å². The molecule has 0 radical (unpaired) electrons. The van der Waals surface area contributed by atoms with Crippen LogP contribution in [0.25, 0.3) is 0 Å². The molecule has 3 aromatic rings. The van der Waals surface area contributed by atoms with E-state index in [0.717, 1.165) is 39.3 Å². The van der Waals surface area contributed by atoms with Crippen LogP contribution in [0.5, 0.6) is 0 Å². The highest BCUT2D eigenvalue weighted by molar-refractivity contribution is 6.33. The van der Waals surface area contributed by atoms with E-state index in [0.29, 0.717) is 0 Å². The standard InChI is InChI=1S/C23H18N2O/c1-15-12-13-17-19(14-15)24-21(16-8-4-3-5-9-16)23(17)18-10-6-7-11-20(18)25(2)22(23)26/h3-14H,1-2H3. The van der Waals surface area contributed by atoms with Gasteiger partial charge in [0, 0.05) is 23.9 Å². The van der Waals surface area contributed by atoms with Gasteiger partial charge in [0.1, 0.15) is 5.41 Å². The van der Waals surface area contributed by atoms with Gasteiger partial charge in [0.2, 0.25) is 5.91 Å². The molecule has 26 heavy (non-hydrogen) atoms. The lowest BCUT2D eigenvalue weighted by atomic mass is 9.71. The molecule has 1 amide bonds. The predicted molar refractivity (Wildman–Crippen MR) is 104 cm³/mol. The van der Waals surface area contributed by atoms with Gasteiger partial charge in [-0.1, -0.05) is 60.7 Å². The van der Waals surface area contributed by atoms with Crippen molar-refractivity contribution >= 4 is 23.0 Å². The summed E-state index contributed by atoms with van der Waals surface area (Å²) < 4.78 is 0. The Morgan fingerprint density at radius 1 is 0.885 bits per heavy atom. The fourth-order valence-corrected chi connectivity index (χ4v) is 4.31. The largest absolute Gasteiger partial charge is 0.314 e. The summed E-state index contributed by atoms with van der Waals surface area (Å²) in [5.41, 5.74) is 5.91. The maximum Gasteiger partial charge on any atom is 0.248 e. The fourth-order valence-electron chi connectivity index (χ4n) is 4.31. The highest BCUT2D eigenvalue weighted by atomic mass is 16.2. The first-order valence-corrected chi connectivity index (χ1v) is 8.77. The van der Waals surface area contributed by atoms with Crippen molar-refractivity contribution in [3.05, 3.63) is 95.1 Å². The summed E-state index contributed by atoms with van der Waals surface area (Å²) in [6.07, 6.45) is 0. The van der Waals surface area contributed by atoms with Crippen LogP contribution < -0.4 is 4.90 Å². The Balaban J connectivity index is 1.90. The highest BCUT2D eigenvalue weighted by Crippen LogP contribution is 2.54. The van der Waals surface area contributed by atoms with Gasteiger partial charge < -0.3 is 4.90 Å². The van der Waals surface area contributed by atoms with Gasteiger partial charge in [-0.2, -0.15) is 0 Å². The van der Waals surface area contributed by atoms with E-state index in [1.165, 1.54) is 0 Å². The van der Waals surface area contributed by atoms with Crippen molar-refractivity contribution in [2.45, 2.75) is 12.3 Å². The van der Waals surface area contributed by atoms with Crippen LogP contribution in [0.2, 0.25) is 0 Å². The quantitative estimate of drug-likeness (QED) is 0.647. The number of fused-ring (bicyclic) bond motifs is 4. The zero-order valence-corrected chi connectivity index (χ0v) is 14.7. The number of hydrogen-bond donors (Lipinski definition) is 0. The van der Waals surface area contributed by atoms with Gasteiger partial charge in [0.25, 0.3) is 0 Å². The van der Waals surface area contributed by atoms with Gasteiger partial charge in [0.15, 0.2) is 0 Å². The first kappa shape index (κ1) is 15.1. The van der Waals surface area contributed by atoms with E-state index in [9.17, 15) is 4.79 Å². The van der Waals surface area contributed by atoms with Crippen molar-refractivity contribution in [1.82, 2.24) is 0 Å². The average Bonchev–Trinajstić information content (AvgIpc) is 3.12. The molecule has 1 unspecified atom stereocenters. The minimum Gasteiger partial charge on any atom is -0.314 e. The van der Waals surface area contributed by atoms with Gasteiger partial charge in [-0.05, 0) is 30.2 Å². The van der Waals surface area contributed by atoms with Crippen molar-refractivity contribution in [2.24, 2.45) is 4.99 Å². The van der Waals surface area contributed by atoms with E-state index in [4.69, 9.17) is 4.99 Å². The van der Waals surface area contributed by atoms with E-state index in [2.05, 4.69) is 31.2 Å². The summed E-state index contributed by atoms with van der Waals surface area (Å²) in [5.74, 6) is 0.0592. The minimum atomic E-state index is -0.865. The molecule has 0 saturated carbocycles. The third-order valence-electron chi connectivity index (χ3n) is 5.49. The molecule has 0 aromatic heterocycles. The first-order chi connectivity index (χ1) is 12.6. The smallest absolute Gasteiger partial charge is 0.248 e. The maximum atomic E-state index is 13.7. The van der Waals surface area contributed by atoms with Gasteiger partial charge in [-0.3, -0.25) is 9.79 Å². The number of rotatable bonds is 1. The molecule has 3 heteroatoms. The van der Waals surface area contributed by atoms with E-state index in [1.807, 2.05) is 55.6 Å². The number of likely N-dealkylation sites (N-methyl/N-ethyl adjacent to an activating group) is 1. The summed E-state index contributed by atoms with van der Waals surface area (Å²) in [6.45, 7) is 2.06. The first-order valence-electron chi connectivity index (χ1n) is 8.77. The van der Waals surface area contributed by atoms with E-state index in [1.54, 1.807) is 4.90 Å². The van der Waals surface area contributed by atoms with Crippen LogP contribution in [0.3, 0.4) is 0 Å². The summed E-state index contributed by atoms with van der Waals surface area (Å²) in [4.78, 5) is 20.4. The number of aliphatic imine (C=N–C) groups is 1. The number of nitrogens with zero attached hydrogens (tertiary/aromatic N) is 2. The van der Waals surface area contributed by atoms with Crippen LogP contribution in [-0.4, -0.2) is 18.7 Å². The summed E-state index contributed by atoms with van der Waals surface area (Å²) in [7, 11) is 1.85. The monoisotopic (exact) mass is 338 g/mol. The molecule has 0 bridgehead atoms. The van der Waals surface area contributed by atoms with Gasteiger partial charge in [-0.15, -0.1) is 0 Å². The number of amides is 1. The maximum absolute atomic E-state index is 13.7. The molecule has 5 rings (SSSR count). The Morgan fingerprint density at radius 3 is 2.42 bits per heavy atom. The molecule has 0 N–H and O–H groups in total. The molecular formula is C23H18N2O. The lowest BCUT2D eigenvalue weighted by molar-refractivity contribution is -0.119. The molecule has 2 heterocycles. The molecule has 0 fully saturated rings. The van der Waals surface area contributed by atoms with Crippen molar-refractivity contribution in [3.63, 3.8) is 0 Å². The molecular weight excluding hydrogens is 320 g/mol. The van der Waals surface area contributed by atoms with Crippen molar-refractivity contribution in [2.75, 3.05) is 11.9 Å². The molecule has 126 valence electrons. The van der Waals surface area contributed by atoms with Crippen LogP contribution in [0.15, 0.2) is 77.8 Å². The van der Waals surface area contributed by atoms with Crippen LogP contribution in [0.4, 0.5) is 11.4 Å². The number of hydrogen-bond acceptors (Lipinski definition) is 2. The topological polar surface area (TPSA) is 32.7 Å².